The lowest BCUT2D eigenvalue weighted by molar-refractivity contribution is -0.129. The van der Waals surface area contributed by atoms with Crippen LogP contribution in [0, 0.1) is 0 Å². The van der Waals surface area contributed by atoms with Crippen molar-refractivity contribution in [2.75, 3.05) is 27.2 Å². The number of carbonyl (C=O) groups excluding carboxylic acids is 2. The van der Waals surface area contributed by atoms with E-state index in [-0.39, 0.29) is 11.4 Å². The number of aliphatic hydroxyl groups is 1. The molecule has 5 nitrogen and oxygen atoms in total. The van der Waals surface area contributed by atoms with E-state index >= 15 is 0 Å². The minimum Gasteiger partial charge on any atom is -0.503 e. The maximum Gasteiger partial charge on any atom is 0.290 e. The second kappa shape index (κ2) is 6.88. The standard InChI is InChI=1S/C17H18N2O3S2/c1-18(2)7-8-19-14(11-5-3-9-23-11)13(16(21)17(19)22)15(20)12-6-4-10-24-12/h3-6,9-10,14,21H,7-8H2,1-2H3. The topological polar surface area (TPSA) is 60.9 Å². The molecule has 1 N–H and O–H groups in total. The molecule has 126 valence electrons. The molecule has 0 bridgehead atoms. The largest absolute Gasteiger partial charge is 0.503 e. The summed E-state index contributed by atoms with van der Waals surface area (Å²) in [5.74, 6) is -1.18. The molecule has 2 aromatic heterocycles. The minimum absolute atomic E-state index is 0.184. The average molecular weight is 362 g/mol. The summed E-state index contributed by atoms with van der Waals surface area (Å²) in [6, 6.07) is 6.76. The molecule has 1 amide bonds. The summed E-state index contributed by atoms with van der Waals surface area (Å²) in [6.45, 7) is 1.10. The predicted octanol–water partition coefficient (Wildman–Crippen LogP) is 2.95. The highest BCUT2D eigenvalue weighted by Gasteiger charge is 2.44. The monoisotopic (exact) mass is 362 g/mol. The van der Waals surface area contributed by atoms with E-state index in [1.165, 1.54) is 22.7 Å². The van der Waals surface area contributed by atoms with E-state index in [4.69, 9.17) is 0 Å². The zero-order valence-corrected chi connectivity index (χ0v) is 15.1. The van der Waals surface area contributed by atoms with Gasteiger partial charge in [-0.3, -0.25) is 9.59 Å². The van der Waals surface area contributed by atoms with E-state index in [2.05, 4.69) is 0 Å². The first kappa shape index (κ1) is 16.9. The lowest BCUT2D eigenvalue weighted by Gasteiger charge is -2.26. The lowest BCUT2D eigenvalue weighted by Crippen LogP contribution is -2.36. The number of hydrogen-bond acceptors (Lipinski definition) is 6. The van der Waals surface area contributed by atoms with Gasteiger partial charge in [0, 0.05) is 18.0 Å². The van der Waals surface area contributed by atoms with Crippen LogP contribution in [0.5, 0.6) is 0 Å². The van der Waals surface area contributed by atoms with Crippen molar-refractivity contribution in [2.45, 2.75) is 6.04 Å². The molecule has 0 saturated heterocycles. The fourth-order valence-electron chi connectivity index (χ4n) is 2.71. The maximum absolute atomic E-state index is 12.9. The van der Waals surface area contributed by atoms with Crippen LogP contribution in [0.1, 0.15) is 20.6 Å². The molecule has 1 aliphatic heterocycles. The van der Waals surface area contributed by atoms with Gasteiger partial charge in [0.15, 0.2) is 5.76 Å². The molecule has 0 saturated carbocycles. The van der Waals surface area contributed by atoms with Crippen LogP contribution < -0.4 is 0 Å². The summed E-state index contributed by atoms with van der Waals surface area (Å²) in [4.78, 5) is 30.4. The third-order valence-electron chi connectivity index (χ3n) is 3.89. The molecule has 7 heteroatoms. The summed E-state index contributed by atoms with van der Waals surface area (Å²) in [5, 5.41) is 14.1. The van der Waals surface area contributed by atoms with Crippen molar-refractivity contribution in [3.05, 3.63) is 56.1 Å². The number of aliphatic hydroxyl groups excluding tert-OH is 1. The quantitative estimate of drug-likeness (QED) is 0.803. The Kier molecular flexibility index (Phi) is 4.84. The Bertz CT molecular complexity index is 764. The number of Topliss-reactive ketones (excluding diaryl/α,β-unsaturated/α-hetero) is 1. The van der Waals surface area contributed by atoms with Gasteiger partial charge in [0.05, 0.1) is 16.5 Å². The summed E-state index contributed by atoms with van der Waals surface area (Å²) >= 11 is 2.79. The van der Waals surface area contributed by atoms with Crippen LogP contribution in [0.4, 0.5) is 0 Å². The first-order valence-corrected chi connectivity index (χ1v) is 9.27. The van der Waals surface area contributed by atoms with Crippen molar-refractivity contribution in [3.63, 3.8) is 0 Å². The van der Waals surface area contributed by atoms with Crippen molar-refractivity contribution >= 4 is 34.4 Å². The molecule has 24 heavy (non-hydrogen) atoms. The Hall–Kier alpha value is -1.96. The van der Waals surface area contributed by atoms with Crippen molar-refractivity contribution in [3.8, 4) is 0 Å². The molecule has 1 unspecified atom stereocenters. The number of nitrogens with zero attached hydrogens (tertiary/aromatic N) is 2. The number of carbonyl (C=O) groups is 2. The fraction of sp³-hybridized carbons (Fsp3) is 0.294. The van der Waals surface area contributed by atoms with E-state index in [0.29, 0.717) is 18.0 Å². The highest BCUT2D eigenvalue weighted by molar-refractivity contribution is 7.12. The third kappa shape index (κ3) is 3.02. The van der Waals surface area contributed by atoms with Crippen LogP contribution in [0.25, 0.3) is 0 Å². The van der Waals surface area contributed by atoms with Crippen LogP contribution in [-0.4, -0.2) is 53.8 Å². The van der Waals surface area contributed by atoms with E-state index in [1.807, 2.05) is 41.9 Å². The first-order valence-electron chi connectivity index (χ1n) is 7.51. The van der Waals surface area contributed by atoms with Gasteiger partial charge in [-0.25, -0.2) is 0 Å². The smallest absolute Gasteiger partial charge is 0.290 e. The summed E-state index contributed by atoms with van der Waals surface area (Å²) in [6.07, 6.45) is 0. The van der Waals surface area contributed by atoms with E-state index < -0.39 is 17.7 Å². The van der Waals surface area contributed by atoms with Crippen LogP contribution >= 0.6 is 22.7 Å². The zero-order chi connectivity index (χ0) is 17.3. The Balaban J connectivity index is 2.01. The Morgan fingerprint density at radius 3 is 2.54 bits per heavy atom. The van der Waals surface area contributed by atoms with Crippen LogP contribution in [0.2, 0.25) is 0 Å². The van der Waals surface area contributed by atoms with Gasteiger partial charge in [-0.15, -0.1) is 22.7 Å². The van der Waals surface area contributed by atoms with Gasteiger partial charge in [0.2, 0.25) is 5.78 Å². The molecule has 2 aromatic rings. The molecule has 0 aromatic carbocycles. The molecule has 0 fully saturated rings. The number of thiophene rings is 2. The lowest BCUT2D eigenvalue weighted by atomic mass is 10.0. The Labute approximate surface area is 148 Å². The van der Waals surface area contributed by atoms with Crippen molar-refractivity contribution in [1.29, 1.82) is 0 Å². The van der Waals surface area contributed by atoms with Gasteiger partial charge in [0.25, 0.3) is 5.91 Å². The molecule has 3 heterocycles. The summed E-state index contributed by atoms with van der Waals surface area (Å²) in [7, 11) is 3.84. The second-order valence-electron chi connectivity index (χ2n) is 5.79. The van der Waals surface area contributed by atoms with Crippen molar-refractivity contribution < 1.29 is 14.7 Å². The van der Waals surface area contributed by atoms with Gasteiger partial charge in [0.1, 0.15) is 0 Å². The Morgan fingerprint density at radius 2 is 1.96 bits per heavy atom. The average Bonchev–Trinajstić information content (AvgIpc) is 3.27. The maximum atomic E-state index is 12.9. The van der Waals surface area contributed by atoms with E-state index in [1.54, 1.807) is 17.0 Å². The third-order valence-corrected chi connectivity index (χ3v) is 5.69. The Morgan fingerprint density at radius 1 is 1.25 bits per heavy atom. The van der Waals surface area contributed by atoms with Crippen LogP contribution in [0.15, 0.2) is 46.4 Å². The van der Waals surface area contributed by atoms with Gasteiger partial charge < -0.3 is 14.9 Å². The van der Waals surface area contributed by atoms with Gasteiger partial charge in [-0.2, -0.15) is 0 Å². The number of rotatable bonds is 6. The van der Waals surface area contributed by atoms with Gasteiger partial charge >= 0.3 is 0 Å². The highest BCUT2D eigenvalue weighted by Crippen LogP contribution is 2.40. The molecular weight excluding hydrogens is 344 g/mol. The predicted molar refractivity (Wildman–Crippen MR) is 95.6 cm³/mol. The summed E-state index contributed by atoms with van der Waals surface area (Å²) in [5.41, 5.74) is 0.184. The molecule has 0 aliphatic carbocycles. The molecule has 3 rings (SSSR count). The molecular formula is C17H18N2O3S2. The van der Waals surface area contributed by atoms with Crippen molar-refractivity contribution in [1.82, 2.24) is 9.80 Å². The highest BCUT2D eigenvalue weighted by atomic mass is 32.1. The van der Waals surface area contributed by atoms with E-state index in [9.17, 15) is 14.7 Å². The zero-order valence-electron chi connectivity index (χ0n) is 13.4. The molecule has 1 aliphatic rings. The summed E-state index contributed by atoms with van der Waals surface area (Å²) < 4.78 is 0. The van der Waals surface area contributed by atoms with Crippen LogP contribution in [0.3, 0.4) is 0 Å². The number of hydrogen-bond donors (Lipinski definition) is 1. The fourth-order valence-corrected chi connectivity index (χ4v) is 4.23. The first-order chi connectivity index (χ1) is 11.5. The SMILES string of the molecule is CN(C)CCN1C(=O)C(O)=C(C(=O)c2cccs2)C1c1cccs1. The van der Waals surface area contributed by atoms with Gasteiger partial charge in [-0.05, 0) is 37.0 Å². The van der Waals surface area contributed by atoms with E-state index in [0.717, 1.165) is 4.88 Å². The minimum atomic E-state index is -0.521. The normalized spacial score (nSPS) is 18.0. The molecule has 1 atom stereocenters. The number of ketones is 1. The van der Waals surface area contributed by atoms with Crippen molar-refractivity contribution in [2.24, 2.45) is 0 Å². The number of amides is 1. The molecule has 0 spiro atoms. The molecule has 0 radical (unpaired) electrons. The second-order valence-corrected chi connectivity index (χ2v) is 7.72. The van der Waals surface area contributed by atoms with Crippen LogP contribution in [-0.2, 0) is 4.79 Å². The van der Waals surface area contributed by atoms with Gasteiger partial charge in [-0.1, -0.05) is 12.1 Å². The number of likely N-dealkylation sites (N-methyl/N-ethyl adjacent to an activating group) is 1.